The third kappa shape index (κ3) is 4.12. The van der Waals surface area contributed by atoms with E-state index in [0.717, 1.165) is 0 Å². The van der Waals surface area contributed by atoms with Crippen LogP contribution in [0.5, 0.6) is 0 Å². The molecule has 0 saturated carbocycles. The number of rotatable bonds is 3. The van der Waals surface area contributed by atoms with Crippen LogP contribution in [0.3, 0.4) is 0 Å². The van der Waals surface area contributed by atoms with Crippen molar-refractivity contribution in [3.63, 3.8) is 0 Å². The third-order valence-corrected chi connectivity index (χ3v) is 5.44. The Bertz CT molecular complexity index is 353. The van der Waals surface area contributed by atoms with Crippen LogP contribution in [-0.4, -0.2) is 24.0 Å². The molecular weight excluding hydrogens is 251 g/mol. The molecule has 0 rings (SSSR count). The van der Waals surface area contributed by atoms with Crippen molar-refractivity contribution in [1.82, 2.24) is 4.13 Å². The summed E-state index contributed by atoms with van der Waals surface area (Å²) in [5.74, 6) is 0. The Morgan fingerprint density at radius 3 is 1.87 bits per heavy atom. The van der Waals surface area contributed by atoms with Crippen LogP contribution in [0.2, 0.25) is 0 Å². The van der Waals surface area contributed by atoms with E-state index in [1.54, 1.807) is 31.8 Å². The van der Waals surface area contributed by atoms with E-state index >= 15 is 0 Å². The molecule has 3 nitrogen and oxygen atoms in total. The van der Waals surface area contributed by atoms with E-state index in [-0.39, 0.29) is 5.25 Å². The van der Waals surface area contributed by atoms with E-state index in [1.165, 1.54) is 0 Å². The van der Waals surface area contributed by atoms with Crippen LogP contribution in [0.15, 0.2) is 0 Å². The van der Waals surface area contributed by atoms with Crippen molar-refractivity contribution in [3.8, 4) is 0 Å². The lowest BCUT2D eigenvalue weighted by Gasteiger charge is -2.18. The van der Waals surface area contributed by atoms with Gasteiger partial charge in [-0.05, 0) is 18.7 Å². The Labute approximate surface area is 90.2 Å². The molecule has 1 unspecified atom stereocenters. The van der Waals surface area contributed by atoms with E-state index in [0.29, 0.717) is 4.86 Å². The largest absolute Gasteiger partial charge is 0.512 e. The van der Waals surface area contributed by atoms with Crippen molar-refractivity contribution >= 4 is 25.6 Å². The minimum atomic E-state index is -5.25. The Kier molecular flexibility index (Phi) is 4.81. The lowest BCUT2D eigenvalue weighted by Crippen LogP contribution is -2.35. The van der Waals surface area contributed by atoms with Crippen molar-refractivity contribution in [2.75, 3.05) is 0 Å². The highest BCUT2D eigenvalue weighted by molar-refractivity contribution is 8.21. The van der Waals surface area contributed by atoms with E-state index in [4.69, 9.17) is 0 Å². The molecule has 0 saturated heterocycles. The SMILES string of the molecule is CC(C)=S(NS(=O)(=O)C(F)(F)F)C(C)C. The predicted molar refractivity (Wildman–Crippen MR) is 57.2 cm³/mol. The summed E-state index contributed by atoms with van der Waals surface area (Å²) >= 11 is 0. The molecule has 0 heterocycles. The molecule has 0 aliphatic rings. The van der Waals surface area contributed by atoms with Gasteiger partial charge in [-0.25, -0.2) is 8.42 Å². The van der Waals surface area contributed by atoms with Gasteiger partial charge in [0, 0.05) is 5.25 Å². The summed E-state index contributed by atoms with van der Waals surface area (Å²) in [5.41, 5.74) is -5.25. The highest BCUT2D eigenvalue weighted by Gasteiger charge is 2.46. The summed E-state index contributed by atoms with van der Waals surface area (Å²) in [6.07, 6.45) is 0. The zero-order valence-corrected chi connectivity index (χ0v) is 10.5. The van der Waals surface area contributed by atoms with Crippen molar-refractivity contribution in [3.05, 3.63) is 0 Å². The molecule has 0 spiro atoms. The standard InChI is InChI=1S/C7H14F3NO2S2/c1-5(2)14(6(3)4)11-15(12,13)7(8,9)10/h5,11H,1-4H3. The fraction of sp³-hybridized carbons (Fsp3) is 0.857. The van der Waals surface area contributed by atoms with Gasteiger partial charge in [-0.15, -0.1) is 10.7 Å². The van der Waals surface area contributed by atoms with Gasteiger partial charge < -0.3 is 0 Å². The summed E-state index contributed by atoms with van der Waals surface area (Å²) < 4.78 is 59.5. The molecule has 0 aromatic rings. The van der Waals surface area contributed by atoms with Gasteiger partial charge in [-0.1, -0.05) is 13.8 Å². The highest BCUT2D eigenvalue weighted by Crippen LogP contribution is 2.27. The van der Waals surface area contributed by atoms with Crippen molar-refractivity contribution in [1.29, 1.82) is 0 Å². The van der Waals surface area contributed by atoms with Crippen LogP contribution in [-0.2, 0) is 10.0 Å². The summed E-state index contributed by atoms with van der Waals surface area (Å²) in [5, 5.41) is -0.202. The van der Waals surface area contributed by atoms with E-state index < -0.39 is 26.2 Å². The quantitative estimate of drug-likeness (QED) is 0.795. The van der Waals surface area contributed by atoms with E-state index in [1.807, 2.05) is 0 Å². The van der Waals surface area contributed by atoms with Gasteiger partial charge in [0.05, 0.1) is 0 Å². The lowest BCUT2D eigenvalue weighted by atomic mass is 10.6. The average Bonchev–Trinajstić information content (AvgIpc) is 1.96. The van der Waals surface area contributed by atoms with Gasteiger partial charge in [-0.3, -0.25) is 0 Å². The molecule has 0 aliphatic heterocycles. The number of nitrogens with one attached hydrogen (secondary N) is 1. The molecule has 0 aromatic heterocycles. The summed E-state index contributed by atoms with van der Waals surface area (Å²) in [6, 6.07) is 0. The summed E-state index contributed by atoms with van der Waals surface area (Å²) in [7, 11) is -6.33. The fourth-order valence-electron chi connectivity index (χ4n) is 0.816. The molecule has 8 heteroatoms. The van der Waals surface area contributed by atoms with Crippen LogP contribution in [0.4, 0.5) is 13.2 Å². The first kappa shape index (κ1) is 14.9. The number of alkyl halides is 3. The molecule has 15 heavy (non-hydrogen) atoms. The summed E-state index contributed by atoms with van der Waals surface area (Å²) in [4.78, 5) is 0.623. The van der Waals surface area contributed by atoms with Crippen molar-refractivity contribution < 1.29 is 21.6 Å². The number of sulfonamides is 1. The minimum absolute atomic E-state index is 0.202. The maximum absolute atomic E-state index is 12.1. The van der Waals surface area contributed by atoms with Crippen LogP contribution in [0.1, 0.15) is 27.7 Å². The molecule has 1 N–H and O–H groups in total. The molecule has 0 aromatic carbocycles. The molecule has 92 valence electrons. The second-order valence-corrected chi connectivity index (χ2v) is 7.90. The number of halogens is 3. The molecule has 1 atom stereocenters. The Morgan fingerprint density at radius 2 is 1.67 bits per heavy atom. The van der Waals surface area contributed by atoms with Gasteiger partial charge >= 0.3 is 15.5 Å². The van der Waals surface area contributed by atoms with E-state index in [2.05, 4.69) is 0 Å². The monoisotopic (exact) mass is 265 g/mol. The van der Waals surface area contributed by atoms with Crippen LogP contribution in [0, 0.1) is 0 Å². The molecule has 0 bridgehead atoms. The Balaban J connectivity index is 5.13. The van der Waals surface area contributed by atoms with Gasteiger partial charge in [0.15, 0.2) is 0 Å². The molecule has 0 aliphatic carbocycles. The predicted octanol–water partition coefficient (Wildman–Crippen LogP) is 2.23. The molecule has 0 amide bonds. The second-order valence-electron chi connectivity index (χ2n) is 3.33. The Morgan fingerprint density at radius 1 is 1.27 bits per heavy atom. The fourth-order valence-corrected chi connectivity index (χ4v) is 4.52. The van der Waals surface area contributed by atoms with Crippen LogP contribution < -0.4 is 4.13 Å². The number of hydrogen-bond acceptors (Lipinski definition) is 2. The van der Waals surface area contributed by atoms with Gasteiger partial charge in [0.2, 0.25) is 0 Å². The maximum atomic E-state index is 12.1. The first-order chi connectivity index (χ1) is 6.49. The van der Waals surface area contributed by atoms with Crippen LogP contribution >= 0.6 is 10.7 Å². The molecule has 0 fully saturated rings. The highest BCUT2D eigenvalue weighted by atomic mass is 32.3. The minimum Gasteiger partial charge on any atom is -0.202 e. The zero-order chi connectivity index (χ0) is 12.4. The van der Waals surface area contributed by atoms with Gasteiger partial charge in [-0.2, -0.15) is 17.3 Å². The van der Waals surface area contributed by atoms with Crippen molar-refractivity contribution in [2.45, 2.75) is 38.5 Å². The topological polar surface area (TPSA) is 46.2 Å². The maximum Gasteiger partial charge on any atom is 0.512 e. The van der Waals surface area contributed by atoms with Crippen molar-refractivity contribution in [2.24, 2.45) is 0 Å². The smallest absolute Gasteiger partial charge is 0.202 e. The Hall–Kier alpha value is -0.0800. The first-order valence-electron chi connectivity index (χ1n) is 4.11. The second kappa shape index (κ2) is 4.84. The first-order valence-corrected chi connectivity index (χ1v) is 6.88. The third-order valence-electron chi connectivity index (χ3n) is 1.42. The molecule has 0 radical (unpaired) electrons. The normalized spacial score (nSPS) is 15.5. The summed E-state index contributed by atoms with van der Waals surface area (Å²) in [6.45, 7) is 6.52. The number of hydrogen-bond donors (Lipinski definition) is 1. The lowest BCUT2D eigenvalue weighted by molar-refractivity contribution is -0.0440. The van der Waals surface area contributed by atoms with Gasteiger partial charge in [0.1, 0.15) is 0 Å². The van der Waals surface area contributed by atoms with Gasteiger partial charge in [0.25, 0.3) is 0 Å². The average molecular weight is 265 g/mol. The zero-order valence-electron chi connectivity index (χ0n) is 8.84. The molecular formula is C7H14F3NO2S2. The van der Waals surface area contributed by atoms with E-state index in [9.17, 15) is 21.6 Å². The van der Waals surface area contributed by atoms with Crippen LogP contribution in [0.25, 0.3) is 0 Å².